The molecular formula is C15H22N2O. The van der Waals surface area contributed by atoms with Crippen LogP contribution in [-0.2, 0) is 6.42 Å². The molecular weight excluding hydrogens is 224 g/mol. The summed E-state index contributed by atoms with van der Waals surface area (Å²) in [6.07, 6.45) is 1.61. The number of hydrogen-bond donors (Lipinski definition) is 0. The molecule has 0 atom stereocenters. The maximum absolute atomic E-state index is 8.53. The van der Waals surface area contributed by atoms with Crippen LogP contribution in [0.2, 0.25) is 0 Å². The van der Waals surface area contributed by atoms with E-state index in [-0.39, 0.29) is 0 Å². The molecule has 0 fully saturated rings. The van der Waals surface area contributed by atoms with Crippen LogP contribution in [0.15, 0.2) is 18.2 Å². The summed E-state index contributed by atoms with van der Waals surface area (Å²) in [7, 11) is 2.05. The first-order valence-electron chi connectivity index (χ1n) is 6.45. The van der Waals surface area contributed by atoms with Gasteiger partial charge in [-0.25, -0.2) is 0 Å². The molecule has 0 unspecified atom stereocenters. The van der Waals surface area contributed by atoms with Crippen LogP contribution in [0.5, 0.6) is 5.75 Å². The first kappa shape index (κ1) is 14.5. The maximum Gasteiger partial charge on any atom is 0.122 e. The number of benzene rings is 1. The number of nitrogens with zero attached hydrogens (tertiary/aromatic N) is 2. The zero-order valence-electron chi connectivity index (χ0n) is 11.6. The van der Waals surface area contributed by atoms with Gasteiger partial charge in [-0.15, -0.1) is 0 Å². The molecule has 0 heterocycles. The Morgan fingerprint density at radius 2 is 2.11 bits per heavy atom. The van der Waals surface area contributed by atoms with Crippen molar-refractivity contribution in [3.8, 4) is 11.8 Å². The van der Waals surface area contributed by atoms with Gasteiger partial charge >= 0.3 is 0 Å². The van der Waals surface area contributed by atoms with Gasteiger partial charge < -0.3 is 9.64 Å². The van der Waals surface area contributed by atoms with E-state index in [0.717, 1.165) is 25.3 Å². The molecule has 1 aromatic carbocycles. The van der Waals surface area contributed by atoms with Gasteiger partial charge in [0.15, 0.2) is 0 Å². The van der Waals surface area contributed by atoms with E-state index in [4.69, 9.17) is 10.00 Å². The molecule has 1 rings (SSSR count). The summed E-state index contributed by atoms with van der Waals surface area (Å²) >= 11 is 0. The van der Waals surface area contributed by atoms with Crippen molar-refractivity contribution in [3.63, 3.8) is 0 Å². The lowest BCUT2D eigenvalue weighted by Gasteiger charge is -2.15. The van der Waals surface area contributed by atoms with E-state index in [2.05, 4.69) is 37.1 Å². The van der Waals surface area contributed by atoms with Gasteiger partial charge in [-0.3, -0.25) is 0 Å². The third-order valence-corrected chi connectivity index (χ3v) is 2.93. The molecule has 0 N–H and O–H groups in total. The first-order valence-corrected chi connectivity index (χ1v) is 6.45. The molecule has 3 nitrogen and oxygen atoms in total. The summed E-state index contributed by atoms with van der Waals surface area (Å²) in [5.74, 6) is 0.971. The zero-order valence-corrected chi connectivity index (χ0v) is 11.6. The molecule has 0 aliphatic heterocycles. The second kappa shape index (κ2) is 7.73. The lowest BCUT2D eigenvalue weighted by Crippen LogP contribution is -2.22. The number of likely N-dealkylation sites (N-methyl/N-ethyl adjacent to an activating group) is 1. The summed E-state index contributed by atoms with van der Waals surface area (Å²) in [5, 5.41) is 8.53. The van der Waals surface area contributed by atoms with Gasteiger partial charge in [-0.1, -0.05) is 12.1 Å². The Morgan fingerprint density at radius 3 is 2.72 bits per heavy atom. The fourth-order valence-electron chi connectivity index (χ4n) is 1.86. The molecule has 0 amide bonds. The summed E-state index contributed by atoms with van der Waals surface area (Å²) in [4.78, 5) is 2.19. The number of nitriles is 1. The van der Waals surface area contributed by atoms with Crippen LogP contribution in [0.3, 0.4) is 0 Å². The van der Waals surface area contributed by atoms with Crippen molar-refractivity contribution in [2.75, 3.05) is 26.7 Å². The summed E-state index contributed by atoms with van der Waals surface area (Å²) in [6.45, 7) is 6.60. The molecule has 0 saturated carbocycles. The summed E-state index contributed by atoms with van der Waals surface area (Å²) in [6, 6.07) is 8.52. The first-order chi connectivity index (χ1) is 8.67. The van der Waals surface area contributed by atoms with Crippen molar-refractivity contribution < 1.29 is 4.74 Å². The fraction of sp³-hybridized carbons (Fsp3) is 0.533. The summed E-state index contributed by atoms with van der Waals surface area (Å²) < 4.78 is 5.52. The number of ether oxygens (including phenoxy) is 1. The molecule has 98 valence electrons. The standard InChI is InChI=1S/C15H22N2O/c1-4-18-15-7-6-14(12-13(15)2)8-11-17(3)10-5-9-16/h6-7,12H,4-5,8,10-11H2,1-3H3. The van der Waals surface area contributed by atoms with Crippen LogP contribution in [-0.4, -0.2) is 31.6 Å². The Balaban J connectivity index is 2.48. The van der Waals surface area contributed by atoms with Gasteiger partial charge in [0.25, 0.3) is 0 Å². The minimum Gasteiger partial charge on any atom is -0.494 e. The van der Waals surface area contributed by atoms with Gasteiger partial charge in [-0.05, 0) is 44.5 Å². The molecule has 1 aromatic rings. The van der Waals surface area contributed by atoms with Crippen LogP contribution in [0, 0.1) is 18.3 Å². The fourth-order valence-corrected chi connectivity index (χ4v) is 1.86. The average Bonchev–Trinajstić information content (AvgIpc) is 2.37. The van der Waals surface area contributed by atoms with E-state index in [1.165, 1.54) is 11.1 Å². The van der Waals surface area contributed by atoms with E-state index < -0.39 is 0 Å². The van der Waals surface area contributed by atoms with E-state index in [1.807, 2.05) is 13.0 Å². The second-order valence-electron chi connectivity index (χ2n) is 4.49. The van der Waals surface area contributed by atoms with E-state index in [1.54, 1.807) is 0 Å². The van der Waals surface area contributed by atoms with E-state index >= 15 is 0 Å². The van der Waals surface area contributed by atoms with Crippen molar-refractivity contribution in [1.29, 1.82) is 5.26 Å². The van der Waals surface area contributed by atoms with Gasteiger partial charge in [0, 0.05) is 19.5 Å². The highest BCUT2D eigenvalue weighted by Crippen LogP contribution is 2.19. The predicted octanol–water partition coefficient (Wildman–Crippen LogP) is 2.78. The van der Waals surface area contributed by atoms with Crippen LogP contribution in [0.1, 0.15) is 24.5 Å². The third-order valence-electron chi connectivity index (χ3n) is 2.93. The van der Waals surface area contributed by atoms with Crippen molar-refractivity contribution in [2.24, 2.45) is 0 Å². The zero-order chi connectivity index (χ0) is 13.4. The Labute approximate surface area is 110 Å². The molecule has 0 spiro atoms. The van der Waals surface area contributed by atoms with Crippen LogP contribution < -0.4 is 4.74 Å². The molecule has 0 aliphatic carbocycles. The molecule has 0 aliphatic rings. The highest BCUT2D eigenvalue weighted by Gasteiger charge is 2.02. The summed E-state index contributed by atoms with van der Waals surface area (Å²) in [5.41, 5.74) is 2.51. The second-order valence-corrected chi connectivity index (χ2v) is 4.49. The van der Waals surface area contributed by atoms with Gasteiger partial charge in [-0.2, -0.15) is 5.26 Å². The average molecular weight is 246 g/mol. The van der Waals surface area contributed by atoms with Crippen LogP contribution in [0.4, 0.5) is 0 Å². The molecule has 0 radical (unpaired) electrons. The highest BCUT2D eigenvalue weighted by atomic mass is 16.5. The Kier molecular flexibility index (Phi) is 6.24. The Hall–Kier alpha value is -1.53. The monoisotopic (exact) mass is 246 g/mol. The van der Waals surface area contributed by atoms with E-state index in [0.29, 0.717) is 13.0 Å². The molecule has 0 bridgehead atoms. The number of aryl methyl sites for hydroxylation is 1. The largest absolute Gasteiger partial charge is 0.494 e. The maximum atomic E-state index is 8.53. The van der Waals surface area contributed by atoms with Crippen LogP contribution >= 0.6 is 0 Å². The smallest absolute Gasteiger partial charge is 0.122 e. The van der Waals surface area contributed by atoms with Crippen molar-refractivity contribution in [2.45, 2.75) is 26.7 Å². The topological polar surface area (TPSA) is 36.3 Å². The lowest BCUT2D eigenvalue weighted by molar-refractivity contribution is 0.337. The minimum atomic E-state index is 0.596. The lowest BCUT2D eigenvalue weighted by atomic mass is 10.1. The molecule has 18 heavy (non-hydrogen) atoms. The number of hydrogen-bond acceptors (Lipinski definition) is 3. The molecule has 0 saturated heterocycles. The van der Waals surface area contributed by atoms with Crippen LogP contribution in [0.25, 0.3) is 0 Å². The highest BCUT2D eigenvalue weighted by molar-refractivity contribution is 5.36. The molecule has 3 heteroatoms. The number of rotatable bonds is 7. The minimum absolute atomic E-state index is 0.596. The Morgan fingerprint density at radius 1 is 1.33 bits per heavy atom. The predicted molar refractivity (Wildman–Crippen MR) is 73.8 cm³/mol. The van der Waals surface area contributed by atoms with Crippen molar-refractivity contribution in [1.82, 2.24) is 4.90 Å². The van der Waals surface area contributed by atoms with Gasteiger partial charge in [0.05, 0.1) is 12.7 Å². The van der Waals surface area contributed by atoms with Gasteiger partial charge in [0.2, 0.25) is 0 Å². The SMILES string of the molecule is CCOc1ccc(CCN(C)CCC#N)cc1C. The third kappa shape index (κ3) is 4.77. The van der Waals surface area contributed by atoms with Crippen molar-refractivity contribution in [3.05, 3.63) is 29.3 Å². The van der Waals surface area contributed by atoms with Gasteiger partial charge in [0.1, 0.15) is 5.75 Å². The molecule has 0 aromatic heterocycles. The normalized spacial score (nSPS) is 10.4. The van der Waals surface area contributed by atoms with E-state index in [9.17, 15) is 0 Å². The quantitative estimate of drug-likeness (QED) is 0.742. The Bertz CT molecular complexity index is 409. The van der Waals surface area contributed by atoms with Crippen molar-refractivity contribution >= 4 is 0 Å².